The van der Waals surface area contributed by atoms with Gasteiger partial charge >= 0.3 is 14.7 Å². The highest BCUT2D eigenvalue weighted by atomic mass is 31.2. The number of carbonyl (C=O) groups excluding carboxylic acids is 4. The molecule has 0 saturated heterocycles. The van der Waals surface area contributed by atoms with E-state index >= 15 is 9.13 Å². The third-order valence-electron chi connectivity index (χ3n) is 18.1. The molecule has 0 radical (unpaired) electrons. The summed E-state index contributed by atoms with van der Waals surface area (Å²) >= 11 is 0. The molecule has 0 amide bonds. The highest BCUT2D eigenvalue weighted by Gasteiger charge is 2.68. The van der Waals surface area contributed by atoms with E-state index in [9.17, 15) is 39.6 Å². The molecule has 0 bridgehead atoms. The number of ketones is 2. The van der Waals surface area contributed by atoms with Gasteiger partial charge < -0.3 is 29.5 Å². The zero-order chi connectivity index (χ0) is 64.2. The molecule has 0 spiro atoms. The lowest BCUT2D eigenvalue weighted by Gasteiger charge is -2.41. The molecule has 14 heteroatoms. The van der Waals surface area contributed by atoms with E-state index in [-0.39, 0.29) is 50.1 Å². The molecule has 0 aromatic rings. The lowest BCUT2D eigenvalue weighted by molar-refractivity contribution is -0.122. The Hall–Kier alpha value is -1.10. The number of Topliss-reactive ketones (excluding diaryl/α,β-unsaturated/α-hetero) is 2. The molecule has 87 heavy (non-hydrogen) atoms. The number of carbonyl (C=O) groups is 4. The van der Waals surface area contributed by atoms with Crippen molar-refractivity contribution in [1.82, 2.24) is 0 Å². The minimum absolute atomic E-state index is 0.153. The minimum Gasteiger partial charge on any atom is -0.396 e. The predicted octanol–water partition coefficient (Wildman–Crippen LogP) is 22.2. The zero-order valence-corrected chi connectivity index (χ0v) is 59.2. The van der Waals surface area contributed by atoms with Gasteiger partial charge in [0.2, 0.25) is 16.1 Å². The van der Waals surface area contributed by atoms with Crippen molar-refractivity contribution in [1.29, 1.82) is 0 Å². The number of hydrogen-bond acceptors (Lipinski definition) is 12. The fraction of sp³-hybridized carbons (Fsp3) is 0.945. The second-order valence-corrected chi connectivity index (χ2v) is 31.9. The average Bonchev–Trinajstić information content (AvgIpc) is 0.774. The lowest BCUT2D eigenvalue weighted by Crippen LogP contribution is -2.40. The maximum Gasteiger partial charge on any atom is 0.308 e. The quantitative estimate of drug-likeness (QED) is 0.0332. The Morgan fingerprint density at radius 1 is 0.310 bits per heavy atom. The first-order valence-corrected chi connectivity index (χ1v) is 40.8. The van der Waals surface area contributed by atoms with E-state index < -0.39 is 82.2 Å². The summed E-state index contributed by atoms with van der Waals surface area (Å²) in [5, 5.41) is 42.0. The second-order valence-electron chi connectivity index (χ2n) is 26.4. The molecular formula is C73H142O12P2. The van der Waals surface area contributed by atoms with Crippen LogP contribution in [0.15, 0.2) is 0 Å². The minimum atomic E-state index is -5.55. The average molecular weight is 1270 g/mol. The summed E-state index contributed by atoms with van der Waals surface area (Å²) in [5.74, 6) is -0.614. The highest BCUT2D eigenvalue weighted by Crippen LogP contribution is 2.79. The Bertz CT molecular complexity index is 1580. The molecule has 4 atom stereocenters. The molecule has 12 nitrogen and oxygen atoms in total. The number of aliphatic hydroxyl groups is 4. The van der Waals surface area contributed by atoms with Gasteiger partial charge in [0.25, 0.3) is 0 Å². The second kappa shape index (κ2) is 61.1. The van der Waals surface area contributed by atoms with Crippen molar-refractivity contribution in [2.75, 3.05) is 19.8 Å². The first-order valence-electron chi connectivity index (χ1n) is 37.5. The number of unbranched alkanes of at least 4 members (excludes halogenated alkanes) is 48. The van der Waals surface area contributed by atoms with E-state index in [0.29, 0.717) is 25.7 Å². The first-order chi connectivity index (χ1) is 42.3. The van der Waals surface area contributed by atoms with Crippen molar-refractivity contribution in [3.63, 3.8) is 0 Å². The molecule has 516 valence electrons. The molecule has 0 aliphatic carbocycles. The summed E-state index contributed by atoms with van der Waals surface area (Å²) in [6.07, 6.45) is 50.9. The zero-order valence-electron chi connectivity index (χ0n) is 57.4. The standard InChI is InChI=1S/C73H142O12P2/c1-5-9-13-17-21-25-29-33-37-41-45-49-53-57-67(77)63-69(65-75)84-86(82,71(79)59-55-51-47-43-39-35-31-27-23-19-15-11-7-3)73(81,61-62-74)87(83,72(80)60-56-52-48-44-40-36-32-28-24-20-16-12-8-4)85-70(66-76)64-68(78)58-54-50-46-42-38-34-30-26-22-18-14-10-6-2/h69-70,74-76,81H,5-66H2,1-4H3. The normalized spacial score (nSPS) is 14.6. The Balaban J connectivity index is 6.51. The number of rotatable bonds is 72. The molecule has 0 saturated carbocycles. The molecular weight excluding hydrogens is 1130 g/mol. The van der Waals surface area contributed by atoms with Crippen molar-refractivity contribution in [3.05, 3.63) is 0 Å². The van der Waals surface area contributed by atoms with Crippen LogP contribution in [0.4, 0.5) is 0 Å². The molecule has 0 fully saturated rings. The van der Waals surface area contributed by atoms with Crippen LogP contribution in [0, 0.1) is 0 Å². The van der Waals surface area contributed by atoms with Gasteiger partial charge in [0.05, 0.1) is 25.4 Å². The molecule has 0 aliphatic rings. The molecule has 0 heterocycles. The maximum absolute atomic E-state index is 16.0. The van der Waals surface area contributed by atoms with Crippen molar-refractivity contribution in [2.45, 2.75) is 424 Å². The van der Waals surface area contributed by atoms with Gasteiger partial charge in [-0.25, -0.2) is 0 Å². The van der Waals surface area contributed by atoms with Gasteiger partial charge in [0.1, 0.15) is 11.6 Å². The van der Waals surface area contributed by atoms with Crippen LogP contribution in [0.25, 0.3) is 0 Å². The van der Waals surface area contributed by atoms with Gasteiger partial charge in [-0.3, -0.25) is 28.3 Å². The Morgan fingerprint density at radius 2 is 0.494 bits per heavy atom. The third kappa shape index (κ3) is 44.2. The van der Waals surface area contributed by atoms with Crippen molar-refractivity contribution in [3.8, 4) is 0 Å². The van der Waals surface area contributed by atoms with Crippen LogP contribution in [0.2, 0.25) is 0 Å². The third-order valence-corrected chi connectivity index (χ3v) is 24.9. The number of hydrogen-bond donors (Lipinski definition) is 4. The fourth-order valence-corrected chi connectivity index (χ4v) is 18.8. The van der Waals surface area contributed by atoms with Crippen molar-refractivity contribution in [2.24, 2.45) is 0 Å². The van der Waals surface area contributed by atoms with Crippen LogP contribution in [0.5, 0.6) is 0 Å². The SMILES string of the molecule is CCCCCCCCCCCCCCCC(=O)CC(CO)OP(=O)(C(=O)CCCCCCCCCCCCCCC)C(O)(CCO)P(=O)(OC(CO)CC(=O)CCCCCCCCCCCCCCC)C(=O)CCCCCCCCCCCCCCC. The molecule has 0 aliphatic heterocycles. The van der Waals surface area contributed by atoms with E-state index in [4.69, 9.17) is 9.05 Å². The summed E-state index contributed by atoms with van der Waals surface area (Å²) in [6.45, 7) is 6.17. The van der Waals surface area contributed by atoms with E-state index in [1.54, 1.807) is 0 Å². The predicted molar refractivity (Wildman–Crippen MR) is 366 cm³/mol. The fourth-order valence-electron chi connectivity index (χ4n) is 12.3. The van der Waals surface area contributed by atoms with E-state index in [2.05, 4.69) is 27.7 Å². The van der Waals surface area contributed by atoms with Crippen LogP contribution in [0.1, 0.15) is 407 Å². The summed E-state index contributed by atoms with van der Waals surface area (Å²) in [4.78, 5) is 56.9. The van der Waals surface area contributed by atoms with Crippen molar-refractivity contribution < 1.29 is 57.8 Å². The van der Waals surface area contributed by atoms with E-state index in [1.807, 2.05) is 0 Å². The van der Waals surface area contributed by atoms with Gasteiger partial charge in [-0.15, -0.1) is 0 Å². The highest BCUT2D eigenvalue weighted by molar-refractivity contribution is 7.93. The molecule has 0 aromatic carbocycles. The van der Waals surface area contributed by atoms with Crippen LogP contribution >= 0.6 is 14.7 Å². The lowest BCUT2D eigenvalue weighted by atomic mass is 10.0. The van der Waals surface area contributed by atoms with Crippen LogP contribution in [-0.2, 0) is 37.4 Å². The van der Waals surface area contributed by atoms with E-state index in [1.165, 1.54) is 193 Å². The Labute approximate surface area is 536 Å². The summed E-state index contributed by atoms with van der Waals surface area (Å²) in [6, 6.07) is 0. The molecule has 4 unspecified atom stereocenters. The number of aliphatic hydroxyl groups excluding tert-OH is 3. The first kappa shape index (κ1) is 85.9. The van der Waals surface area contributed by atoms with Crippen LogP contribution < -0.4 is 0 Å². The van der Waals surface area contributed by atoms with Crippen molar-refractivity contribution >= 4 is 37.4 Å². The topological polar surface area (TPSA) is 202 Å². The van der Waals surface area contributed by atoms with Crippen LogP contribution in [0.3, 0.4) is 0 Å². The summed E-state index contributed by atoms with van der Waals surface area (Å²) in [7, 11) is -11.1. The van der Waals surface area contributed by atoms with Gasteiger partial charge in [-0.2, -0.15) is 0 Å². The van der Waals surface area contributed by atoms with Crippen LogP contribution in [-0.4, -0.2) is 80.2 Å². The van der Waals surface area contributed by atoms with Gasteiger partial charge in [-0.1, -0.05) is 336 Å². The summed E-state index contributed by atoms with van der Waals surface area (Å²) in [5.41, 5.74) is -2.25. The van der Waals surface area contributed by atoms with Gasteiger partial charge in [0, 0.05) is 51.6 Å². The molecule has 4 N–H and O–H groups in total. The molecule has 0 aromatic heterocycles. The Kier molecular flexibility index (Phi) is 60.3. The van der Waals surface area contributed by atoms with Gasteiger partial charge in [0.15, 0.2) is 0 Å². The summed E-state index contributed by atoms with van der Waals surface area (Å²) < 4.78 is 44.2. The largest absolute Gasteiger partial charge is 0.396 e. The molecule has 0 rings (SSSR count). The van der Waals surface area contributed by atoms with E-state index in [0.717, 1.165) is 103 Å². The maximum atomic E-state index is 16.0. The van der Waals surface area contributed by atoms with Gasteiger partial charge in [-0.05, 0) is 25.7 Å². The Morgan fingerprint density at radius 3 is 0.678 bits per heavy atom. The monoisotopic (exact) mass is 1270 g/mol. The smallest absolute Gasteiger partial charge is 0.308 e.